The van der Waals surface area contributed by atoms with E-state index >= 15 is 0 Å². The lowest BCUT2D eigenvalue weighted by atomic mass is 10.1. The molecule has 7 nitrogen and oxygen atoms in total. The Hall–Kier alpha value is -2.36. The summed E-state index contributed by atoms with van der Waals surface area (Å²) in [6, 6.07) is 2.00. The highest BCUT2D eigenvalue weighted by Crippen LogP contribution is 2.32. The van der Waals surface area contributed by atoms with E-state index in [-0.39, 0.29) is 11.9 Å². The fourth-order valence-corrected chi connectivity index (χ4v) is 2.53. The van der Waals surface area contributed by atoms with Crippen molar-refractivity contribution in [2.24, 2.45) is 0 Å². The Balaban J connectivity index is 1.86. The van der Waals surface area contributed by atoms with E-state index in [9.17, 15) is 4.79 Å². The van der Waals surface area contributed by atoms with Gasteiger partial charge in [0.05, 0.1) is 18.8 Å². The van der Waals surface area contributed by atoms with Gasteiger partial charge in [0.2, 0.25) is 5.82 Å². The van der Waals surface area contributed by atoms with Gasteiger partial charge in [0, 0.05) is 18.7 Å². The first-order valence-electron chi connectivity index (χ1n) is 7.40. The topological polar surface area (TPSA) is 82.3 Å². The van der Waals surface area contributed by atoms with Crippen LogP contribution in [0.1, 0.15) is 44.3 Å². The van der Waals surface area contributed by atoms with Gasteiger partial charge in [-0.1, -0.05) is 0 Å². The van der Waals surface area contributed by atoms with Crippen LogP contribution < -0.4 is 4.90 Å². The van der Waals surface area contributed by atoms with Crippen LogP contribution in [-0.2, 0) is 17.8 Å². The Morgan fingerprint density at radius 3 is 2.55 bits per heavy atom. The lowest BCUT2D eigenvalue weighted by molar-refractivity contribution is 0.0241. The molecule has 22 heavy (non-hydrogen) atoms. The molecule has 0 radical (unpaired) electrons. The zero-order valence-electron chi connectivity index (χ0n) is 13.1. The van der Waals surface area contributed by atoms with Crippen LogP contribution in [0.15, 0.2) is 0 Å². The van der Waals surface area contributed by atoms with Crippen molar-refractivity contribution >= 4 is 11.9 Å². The number of hydrogen-bond acceptors (Lipinski definition) is 6. The normalized spacial score (nSPS) is 16.8. The number of carbonyl (C=O) groups is 1. The fraction of sp³-hybridized carbons (Fsp3) is 0.600. The van der Waals surface area contributed by atoms with E-state index in [2.05, 4.69) is 14.9 Å². The number of anilines is 1. The van der Waals surface area contributed by atoms with Gasteiger partial charge in [-0.15, -0.1) is 0 Å². The van der Waals surface area contributed by atoms with Crippen molar-refractivity contribution in [2.45, 2.75) is 45.9 Å². The summed E-state index contributed by atoms with van der Waals surface area (Å²) >= 11 is 0. The van der Waals surface area contributed by atoms with Gasteiger partial charge in [0.15, 0.2) is 0 Å². The molecule has 0 aliphatic carbocycles. The van der Waals surface area contributed by atoms with Crippen molar-refractivity contribution in [3.05, 3.63) is 17.1 Å². The molecule has 1 saturated heterocycles. The van der Waals surface area contributed by atoms with Crippen LogP contribution in [0.2, 0.25) is 0 Å². The summed E-state index contributed by atoms with van der Waals surface area (Å²) in [4.78, 5) is 24.5. The maximum absolute atomic E-state index is 12.2. The monoisotopic (exact) mass is 301 g/mol. The van der Waals surface area contributed by atoms with Crippen molar-refractivity contribution in [1.82, 2.24) is 14.9 Å². The van der Waals surface area contributed by atoms with Crippen LogP contribution in [0, 0.1) is 11.3 Å². The maximum atomic E-state index is 12.2. The largest absolute Gasteiger partial charge is 0.444 e. The van der Waals surface area contributed by atoms with Gasteiger partial charge in [-0.25, -0.2) is 14.8 Å². The standard InChI is InChI=1S/C15H19N5O2/c1-15(2,3)22-14(21)20-8-10-11(9-20)17-12(7-16)18-13(10)19-5-4-6-19/h4-6,8-9H2,1-3H3. The van der Waals surface area contributed by atoms with Crippen LogP contribution in [0.5, 0.6) is 0 Å². The van der Waals surface area contributed by atoms with Crippen molar-refractivity contribution < 1.29 is 9.53 Å². The van der Waals surface area contributed by atoms with E-state index in [1.54, 1.807) is 4.90 Å². The number of ether oxygens (including phenoxy) is 1. The molecule has 1 aromatic rings. The zero-order valence-corrected chi connectivity index (χ0v) is 13.1. The summed E-state index contributed by atoms with van der Waals surface area (Å²) in [5.74, 6) is 0.950. The smallest absolute Gasteiger partial charge is 0.410 e. The minimum absolute atomic E-state index is 0.159. The molecule has 0 aromatic carbocycles. The van der Waals surface area contributed by atoms with Crippen molar-refractivity contribution in [2.75, 3.05) is 18.0 Å². The van der Waals surface area contributed by atoms with Crippen LogP contribution in [0.3, 0.4) is 0 Å². The van der Waals surface area contributed by atoms with Crippen LogP contribution in [0.4, 0.5) is 10.6 Å². The summed E-state index contributed by atoms with van der Waals surface area (Å²) in [6.07, 6.45) is 0.759. The number of nitrogens with zero attached hydrogens (tertiary/aromatic N) is 5. The number of carbonyl (C=O) groups excluding carboxylic acids is 1. The van der Waals surface area contributed by atoms with E-state index in [0.29, 0.717) is 13.1 Å². The highest BCUT2D eigenvalue weighted by Gasteiger charge is 2.33. The molecule has 7 heteroatoms. The van der Waals surface area contributed by atoms with Gasteiger partial charge in [-0.3, -0.25) is 4.90 Å². The first kappa shape index (κ1) is 14.6. The quantitative estimate of drug-likeness (QED) is 0.786. The molecule has 0 atom stereocenters. The predicted octanol–water partition coefficient (Wildman–Crippen LogP) is 1.81. The molecule has 1 aromatic heterocycles. The van der Waals surface area contributed by atoms with E-state index < -0.39 is 5.60 Å². The highest BCUT2D eigenvalue weighted by atomic mass is 16.6. The van der Waals surface area contributed by atoms with Crippen LogP contribution >= 0.6 is 0 Å². The molecule has 3 rings (SSSR count). The third kappa shape index (κ3) is 2.69. The molecule has 2 aliphatic rings. The number of amides is 1. The number of hydrogen-bond donors (Lipinski definition) is 0. The second-order valence-electron chi connectivity index (χ2n) is 6.58. The van der Waals surface area contributed by atoms with E-state index in [4.69, 9.17) is 10.00 Å². The molecule has 0 saturated carbocycles. The SMILES string of the molecule is CC(C)(C)OC(=O)N1Cc2nc(C#N)nc(N3CCC3)c2C1. The third-order valence-electron chi connectivity index (χ3n) is 3.67. The summed E-state index contributed by atoms with van der Waals surface area (Å²) < 4.78 is 5.41. The Morgan fingerprint density at radius 1 is 1.27 bits per heavy atom. The van der Waals surface area contributed by atoms with Gasteiger partial charge in [0.1, 0.15) is 17.5 Å². The van der Waals surface area contributed by atoms with E-state index in [0.717, 1.165) is 36.6 Å². The molecule has 3 heterocycles. The molecule has 0 spiro atoms. The molecule has 1 amide bonds. The minimum Gasteiger partial charge on any atom is -0.444 e. The van der Waals surface area contributed by atoms with Gasteiger partial charge >= 0.3 is 6.09 Å². The molecule has 116 valence electrons. The summed E-state index contributed by atoms with van der Waals surface area (Å²) in [6.45, 7) is 8.18. The molecular weight excluding hydrogens is 282 g/mol. The molecule has 0 bridgehead atoms. The lowest BCUT2D eigenvalue weighted by Crippen LogP contribution is -2.39. The Morgan fingerprint density at radius 2 is 2.00 bits per heavy atom. The highest BCUT2D eigenvalue weighted by molar-refractivity contribution is 5.70. The van der Waals surface area contributed by atoms with Gasteiger partial charge < -0.3 is 9.64 Å². The zero-order chi connectivity index (χ0) is 15.9. The second kappa shape index (κ2) is 5.13. The van der Waals surface area contributed by atoms with Crippen LogP contribution in [0.25, 0.3) is 0 Å². The lowest BCUT2D eigenvalue weighted by Gasteiger charge is -2.33. The van der Waals surface area contributed by atoms with Crippen molar-refractivity contribution in [3.8, 4) is 6.07 Å². The predicted molar refractivity (Wildman–Crippen MR) is 79.1 cm³/mol. The van der Waals surface area contributed by atoms with Gasteiger partial charge in [-0.05, 0) is 27.2 Å². The maximum Gasteiger partial charge on any atom is 0.410 e. The number of rotatable bonds is 1. The van der Waals surface area contributed by atoms with Gasteiger partial charge in [0.25, 0.3) is 0 Å². The summed E-state index contributed by atoms with van der Waals surface area (Å²) in [5.41, 5.74) is 1.15. The van der Waals surface area contributed by atoms with Gasteiger partial charge in [-0.2, -0.15) is 5.26 Å². The Labute approximate surface area is 129 Å². The summed E-state index contributed by atoms with van der Waals surface area (Å²) in [7, 11) is 0. The first-order chi connectivity index (χ1) is 10.4. The van der Waals surface area contributed by atoms with E-state index in [1.165, 1.54) is 0 Å². The Bertz CT molecular complexity index is 655. The molecule has 1 fully saturated rings. The molecule has 0 unspecified atom stereocenters. The average Bonchev–Trinajstić information content (AvgIpc) is 2.78. The molecule has 2 aliphatic heterocycles. The second-order valence-corrected chi connectivity index (χ2v) is 6.58. The fourth-order valence-electron chi connectivity index (χ4n) is 2.53. The summed E-state index contributed by atoms with van der Waals surface area (Å²) in [5, 5.41) is 9.09. The van der Waals surface area contributed by atoms with Crippen molar-refractivity contribution in [1.29, 1.82) is 5.26 Å². The first-order valence-corrected chi connectivity index (χ1v) is 7.40. The number of fused-ring (bicyclic) bond motifs is 1. The average molecular weight is 301 g/mol. The van der Waals surface area contributed by atoms with E-state index in [1.807, 2.05) is 26.8 Å². The third-order valence-corrected chi connectivity index (χ3v) is 3.67. The van der Waals surface area contributed by atoms with Crippen LogP contribution in [-0.4, -0.2) is 39.7 Å². The minimum atomic E-state index is -0.532. The Kier molecular flexibility index (Phi) is 3.39. The van der Waals surface area contributed by atoms with Crippen molar-refractivity contribution in [3.63, 3.8) is 0 Å². The number of nitriles is 1. The molecular formula is C15H19N5O2. The molecule has 0 N–H and O–H groups in total. The number of aromatic nitrogens is 2.